The summed E-state index contributed by atoms with van der Waals surface area (Å²) in [6.07, 6.45) is 2.62. The molecular formula is C26H33NO3. The van der Waals surface area contributed by atoms with Crippen LogP contribution in [-0.2, 0) is 11.2 Å². The maximum absolute atomic E-state index is 10.5. The summed E-state index contributed by atoms with van der Waals surface area (Å²) in [5.41, 5.74) is 1.16. The highest BCUT2D eigenvalue weighted by atomic mass is 16.5. The zero-order valence-electron chi connectivity index (χ0n) is 18.2. The van der Waals surface area contributed by atoms with Crippen LogP contribution in [0.15, 0.2) is 59.0 Å². The number of ether oxygens (including phenoxy) is 1. The first-order valence-corrected chi connectivity index (χ1v) is 11.0. The van der Waals surface area contributed by atoms with E-state index in [1.165, 1.54) is 16.3 Å². The van der Waals surface area contributed by atoms with Gasteiger partial charge in [0.15, 0.2) is 0 Å². The Morgan fingerprint density at radius 2 is 1.87 bits per heavy atom. The second kappa shape index (κ2) is 8.93. The van der Waals surface area contributed by atoms with E-state index in [1.54, 1.807) is 0 Å². The Bertz CT molecular complexity index is 973. The highest BCUT2D eigenvalue weighted by Crippen LogP contribution is 2.43. The first kappa shape index (κ1) is 21.1. The number of aryl methyl sites for hydroxylation is 1. The summed E-state index contributed by atoms with van der Waals surface area (Å²) in [5, 5.41) is 16.5. The van der Waals surface area contributed by atoms with Crippen molar-refractivity contribution >= 4 is 10.8 Å². The van der Waals surface area contributed by atoms with Crippen LogP contribution in [0.1, 0.15) is 49.9 Å². The van der Waals surface area contributed by atoms with Gasteiger partial charge in [-0.1, -0.05) is 42.5 Å². The van der Waals surface area contributed by atoms with Crippen molar-refractivity contribution in [3.05, 3.63) is 71.7 Å². The van der Waals surface area contributed by atoms with Crippen molar-refractivity contribution in [3.63, 3.8) is 0 Å². The highest BCUT2D eigenvalue weighted by Gasteiger charge is 2.35. The molecule has 0 saturated heterocycles. The van der Waals surface area contributed by atoms with E-state index in [4.69, 9.17) is 9.15 Å². The molecule has 160 valence electrons. The lowest BCUT2D eigenvalue weighted by molar-refractivity contribution is -0.0300. The highest BCUT2D eigenvalue weighted by molar-refractivity contribution is 5.83. The second-order valence-corrected chi connectivity index (χ2v) is 9.32. The molecule has 4 heteroatoms. The Kier molecular flexibility index (Phi) is 6.28. The molecule has 1 heterocycles. The topological polar surface area (TPSA) is 54.6 Å². The van der Waals surface area contributed by atoms with E-state index >= 15 is 0 Å². The molecule has 0 aliphatic heterocycles. The fourth-order valence-electron chi connectivity index (χ4n) is 4.05. The smallest absolute Gasteiger partial charge is 0.133 e. The number of furan rings is 1. The van der Waals surface area contributed by atoms with Crippen LogP contribution in [0.2, 0.25) is 0 Å². The Morgan fingerprint density at radius 3 is 2.57 bits per heavy atom. The van der Waals surface area contributed by atoms with Gasteiger partial charge in [0, 0.05) is 12.1 Å². The fourth-order valence-corrected chi connectivity index (χ4v) is 4.05. The third-order valence-corrected chi connectivity index (χ3v) is 5.84. The molecule has 0 bridgehead atoms. The lowest BCUT2D eigenvalue weighted by atomic mass is 9.93. The van der Waals surface area contributed by atoms with E-state index in [0.29, 0.717) is 19.1 Å². The van der Waals surface area contributed by atoms with Crippen LogP contribution in [0.25, 0.3) is 10.8 Å². The molecule has 0 spiro atoms. The van der Waals surface area contributed by atoms with Gasteiger partial charge >= 0.3 is 0 Å². The lowest BCUT2D eigenvalue weighted by Gasteiger charge is -2.28. The average molecular weight is 408 g/mol. The van der Waals surface area contributed by atoms with Gasteiger partial charge in [-0.15, -0.1) is 0 Å². The van der Waals surface area contributed by atoms with Crippen molar-refractivity contribution in [1.82, 2.24) is 5.32 Å². The summed E-state index contributed by atoms with van der Waals surface area (Å²) in [6, 6.07) is 19.0. The first-order valence-electron chi connectivity index (χ1n) is 11.0. The fraction of sp³-hybridized carbons (Fsp3) is 0.462. The Balaban J connectivity index is 1.28. The number of hydrogen-bond acceptors (Lipinski definition) is 4. The van der Waals surface area contributed by atoms with Gasteiger partial charge in [0.2, 0.25) is 0 Å². The third-order valence-electron chi connectivity index (χ3n) is 5.84. The van der Waals surface area contributed by atoms with Gasteiger partial charge in [-0.3, -0.25) is 0 Å². The number of β-amino-alcohol motifs (C(OH)–C–C–N with tert-alkyl or cyclic N) is 1. The van der Waals surface area contributed by atoms with Crippen molar-refractivity contribution in [3.8, 4) is 0 Å². The van der Waals surface area contributed by atoms with Gasteiger partial charge in [-0.05, 0) is 74.4 Å². The Hall–Kier alpha value is -2.14. The van der Waals surface area contributed by atoms with Gasteiger partial charge in [0.25, 0.3) is 0 Å². The molecule has 2 aromatic carbocycles. The first-order chi connectivity index (χ1) is 14.4. The lowest BCUT2D eigenvalue weighted by Crippen LogP contribution is -2.46. The van der Waals surface area contributed by atoms with Crippen LogP contribution in [0, 0.1) is 12.8 Å². The van der Waals surface area contributed by atoms with Crippen LogP contribution in [0.3, 0.4) is 0 Å². The summed E-state index contributed by atoms with van der Waals surface area (Å²) >= 11 is 0. The zero-order chi connectivity index (χ0) is 21.1. The van der Waals surface area contributed by atoms with E-state index in [-0.39, 0.29) is 11.6 Å². The minimum atomic E-state index is -0.557. The quantitative estimate of drug-likeness (QED) is 0.486. The van der Waals surface area contributed by atoms with Crippen molar-refractivity contribution in [2.75, 3.05) is 13.2 Å². The van der Waals surface area contributed by atoms with E-state index in [0.717, 1.165) is 30.8 Å². The van der Waals surface area contributed by atoms with Crippen molar-refractivity contribution in [2.45, 2.75) is 57.8 Å². The van der Waals surface area contributed by atoms with Gasteiger partial charge in [0.1, 0.15) is 17.6 Å². The molecule has 4 nitrogen and oxygen atoms in total. The summed E-state index contributed by atoms with van der Waals surface area (Å²) < 4.78 is 11.8. The maximum atomic E-state index is 10.5. The maximum Gasteiger partial charge on any atom is 0.133 e. The van der Waals surface area contributed by atoms with Gasteiger partial charge in [-0.25, -0.2) is 0 Å². The Morgan fingerprint density at radius 1 is 1.10 bits per heavy atom. The van der Waals surface area contributed by atoms with Gasteiger partial charge in [-0.2, -0.15) is 0 Å². The minimum Gasteiger partial charge on any atom is -0.464 e. The number of aliphatic hydroxyl groups is 1. The van der Waals surface area contributed by atoms with Crippen molar-refractivity contribution < 1.29 is 14.3 Å². The van der Waals surface area contributed by atoms with E-state index in [9.17, 15) is 5.11 Å². The molecule has 1 saturated carbocycles. The standard InChI is InChI=1S/C26H33NO3/c1-18-8-13-24(30-18)25(21-11-12-21)29-17-23(28)16-27-26(2,3)15-19-9-10-20-6-4-5-7-22(20)14-19/h4-10,13-14,21,23,25,27-28H,11-12,15-17H2,1-3H3. The molecule has 2 atom stereocenters. The number of aliphatic hydroxyl groups excluding tert-OH is 1. The van der Waals surface area contributed by atoms with E-state index in [2.05, 4.69) is 61.6 Å². The molecule has 2 N–H and O–H groups in total. The largest absolute Gasteiger partial charge is 0.464 e. The molecule has 0 radical (unpaired) electrons. The monoisotopic (exact) mass is 407 g/mol. The predicted molar refractivity (Wildman–Crippen MR) is 121 cm³/mol. The predicted octanol–water partition coefficient (Wildman–Crippen LogP) is 5.18. The van der Waals surface area contributed by atoms with Crippen molar-refractivity contribution in [1.29, 1.82) is 0 Å². The van der Waals surface area contributed by atoms with E-state index < -0.39 is 6.10 Å². The minimum absolute atomic E-state index is 0.0426. The van der Waals surface area contributed by atoms with E-state index in [1.807, 2.05) is 19.1 Å². The molecule has 30 heavy (non-hydrogen) atoms. The summed E-state index contributed by atoms with van der Waals surface area (Å²) in [4.78, 5) is 0. The Labute approximate surface area is 179 Å². The SMILES string of the molecule is Cc1ccc(C(OCC(O)CNC(C)(C)Cc2ccc3ccccc3c2)C2CC2)o1. The average Bonchev–Trinajstić information content (AvgIpc) is 3.47. The molecule has 4 rings (SSSR count). The number of rotatable bonds is 10. The second-order valence-electron chi connectivity index (χ2n) is 9.32. The molecule has 3 aromatic rings. The van der Waals surface area contributed by atoms with Crippen LogP contribution < -0.4 is 5.32 Å². The van der Waals surface area contributed by atoms with Crippen molar-refractivity contribution in [2.24, 2.45) is 5.92 Å². The van der Waals surface area contributed by atoms with Crippen LogP contribution in [0.4, 0.5) is 0 Å². The van der Waals surface area contributed by atoms with Crippen LogP contribution >= 0.6 is 0 Å². The number of benzene rings is 2. The normalized spacial score (nSPS) is 16.7. The molecule has 0 amide bonds. The molecule has 1 aliphatic rings. The number of nitrogens with one attached hydrogen (secondary N) is 1. The van der Waals surface area contributed by atoms with Gasteiger partial charge < -0.3 is 19.6 Å². The number of hydrogen-bond donors (Lipinski definition) is 2. The molecular weight excluding hydrogens is 374 g/mol. The molecule has 1 fully saturated rings. The van der Waals surface area contributed by atoms with Crippen LogP contribution in [0.5, 0.6) is 0 Å². The molecule has 1 aromatic heterocycles. The summed E-state index contributed by atoms with van der Waals surface area (Å²) in [7, 11) is 0. The molecule has 1 aliphatic carbocycles. The van der Waals surface area contributed by atoms with Crippen LogP contribution in [-0.4, -0.2) is 29.9 Å². The zero-order valence-corrected chi connectivity index (χ0v) is 18.2. The summed E-state index contributed by atoms with van der Waals surface area (Å²) in [5.74, 6) is 2.30. The van der Waals surface area contributed by atoms with Gasteiger partial charge in [0.05, 0.1) is 12.7 Å². The molecule has 2 unspecified atom stereocenters. The summed E-state index contributed by atoms with van der Waals surface area (Å²) in [6.45, 7) is 7.10. The number of fused-ring (bicyclic) bond motifs is 1. The third kappa shape index (κ3) is 5.51.